The number of ether oxygens (including phenoxy) is 1. The second kappa shape index (κ2) is 5.52. The summed E-state index contributed by atoms with van der Waals surface area (Å²) in [5.41, 5.74) is 0.0629. The van der Waals surface area contributed by atoms with Crippen LogP contribution < -0.4 is 5.32 Å². The van der Waals surface area contributed by atoms with Crippen molar-refractivity contribution in [2.24, 2.45) is 5.41 Å². The van der Waals surface area contributed by atoms with E-state index in [1.165, 1.54) is 6.07 Å². The molecule has 0 saturated heterocycles. The Kier molecular flexibility index (Phi) is 3.86. The van der Waals surface area contributed by atoms with E-state index >= 15 is 0 Å². The molecule has 3 rings (SSSR count). The first-order chi connectivity index (χ1) is 10.1. The van der Waals surface area contributed by atoms with Gasteiger partial charge in [0.1, 0.15) is 0 Å². The van der Waals surface area contributed by atoms with Gasteiger partial charge in [-0.05, 0) is 38.3 Å². The summed E-state index contributed by atoms with van der Waals surface area (Å²) >= 11 is 0. The molecular weight excluding hydrogens is 279 g/mol. The van der Waals surface area contributed by atoms with Gasteiger partial charge in [-0.1, -0.05) is 12.8 Å². The van der Waals surface area contributed by atoms with E-state index in [1.54, 1.807) is 0 Å². The Labute approximate surface area is 122 Å². The maximum Gasteiger partial charge on any atom is 0.196 e. The van der Waals surface area contributed by atoms with E-state index in [1.807, 2.05) is 6.92 Å². The molecule has 1 aromatic rings. The van der Waals surface area contributed by atoms with Crippen molar-refractivity contribution in [3.63, 3.8) is 0 Å². The Bertz CT molecular complexity index is 528. The molecular formula is C16H20F3NO. The maximum atomic E-state index is 13.8. The van der Waals surface area contributed by atoms with Crippen LogP contribution in [0.2, 0.25) is 0 Å². The van der Waals surface area contributed by atoms with Crippen molar-refractivity contribution in [2.75, 3.05) is 11.9 Å². The molecule has 2 unspecified atom stereocenters. The number of hydrogen-bond acceptors (Lipinski definition) is 2. The molecule has 1 N–H and O–H groups in total. The molecule has 2 fully saturated rings. The predicted molar refractivity (Wildman–Crippen MR) is 74.7 cm³/mol. The predicted octanol–water partition coefficient (Wildman–Crippen LogP) is 4.25. The number of halogens is 3. The van der Waals surface area contributed by atoms with Gasteiger partial charge in [-0.25, -0.2) is 13.2 Å². The van der Waals surface area contributed by atoms with E-state index in [9.17, 15) is 13.2 Å². The lowest BCUT2D eigenvalue weighted by Gasteiger charge is -2.54. The number of anilines is 1. The summed E-state index contributed by atoms with van der Waals surface area (Å²) < 4.78 is 45.9. The van der Waals surface area contributed by atoms with Crippen LogP contribution in [0.5, 0.6) is 0 Å². The average molecular weight is 299 g/mol. The van der Waals surface area contributed by atoms with Crippen molar-refractivity contribution in [3.8, 4) is 0 Å². The second-order valence-corrected chi connectivity index (χ2v) is 6.04. The molecule has 0 aliphatic heterocycles. The molecule has 2 saturated carbocycles. The summed E-state index contributed by atoms with van der Waals surface area (Å²) in [6.07, 6.45) is 5.34. The van der Waals surface area contributed by atoms with Crippen molar-refractivity contribution < 1.29 is 17.9 Å². The van der Waals surface area contributed by atoms with Crippen LogP contribution in [-0.4, -0.2) is 18.8 Å². The molecule has 2 atom stereocenters. The van der Waals surface area contributed by atoms with Crippen molar-refractivity contribution in [1.29, 1.82) is 0 Å². The van der Waals surface area contributed by atoms with Gasteiger partial charge in [0.25, 0.3) is 0 Å². The zero-order valence-corrected chi connectivity index (χ0v) is 12.1. The molecule has 5 heteroatoms. The van der Waals surface area contributed by atoms with Gasteiger partial charge in [-0.15, -0.1) is 0 Å². The first kappa shape index (κ1) is 14.7. The highest BCUT2D eigenvalue weighted by molar-refractivity contribution is 5.47. The van der Waals surface area contributed by atoms with Crippen LogP contribution in [0.25, 0.3) is 0 Å². The van der Waals surface area contributed by atoms with Crippen molar-refractivity contribution in [1.82, 2.24) is 0 Å². The molecule has 2 nitrogen and oxygen atoms in total. The maximum absolute atomic E-state index is 13.8. The Morgan fingerprint density at radius 2 is 1.90 bits per heavy atom. The second-order valence-electron chi connectivity index (χ2n) is 6.04. The smallest absolute Gasteiger partial charge is 0.196 e. The lowest BCUT2D eigenvalue weighted by Crippen LogP contribution is -2.60. The highest BCUT2D eigenvalue weighted by Crippen LogP contribution is 2.55. The number of benzene rings is 1. The SMILES string of the molecule is CCOC1CC(Nc2ccc(F)c(F)c2F)C12CCCC2. The molecule has 1 spiro atoms. The lowest BCUT2D eigenvalue weighted by molar-refractivity contribution is -0.114. The van der Waals surface area contributed by atoms with Crippen LogP contribution in [0.3, 0.4) is 0 Å². The van der Waals surface area contributed by atoms with Gasteiger partial charge in [-0.2, -0.15) is 0 Å². The van der Waals surface area contributed by atoms with Crippen molar-refractivity contribution in [2.45, 2.75) is 51.2 Å². The highest BCUT2D eigenvalue weighted by Gasteiger charge is 2.56. The molecule has 0 amide bonds. The van der Waals surface area contributed by atoms with Crippen LogP contribution in [0.15, 0.2) is 12.1 Å². The van der Waals surface area contributed by atoms with Crippen LogP contribution in [0, 0.1) is 22.9 Å². The van der Waals surface area contributed by atoms with E-state index < -0.39 is 17.5 Å². The summed E-state index contributed by atoms with van der Waals surface area (Å²) in [7, 11) is 0. The van der Waals surface area contributed by atoms with Gasteiger partial charge in [-0.3, -0.25) is 0 Å². The van der Waals surface area contributed by atoms with Crippen LogP contribution >= 0.6 is 0 Å². The lowest BCUT2D eigenvalue weighted by atomic mass is 9.60. The zero-order chi connectivity index (χ0) is 15.0. The number of nitrogens with one attached hydrogen (secondary N) is 1. The van der Waals surface area contributed by atoms with E-state index in [0.29, 0.717) is 6.61 Å². The minimum atomic E-state index is -1.42. The Morgan fingerprint density at radius 3 is 2.57 bits per heavy atom. The van der Waals surface area contributed by atoms with Gasteiger partial charge in [0.15, 0.2) is 17.5 Å². The van der Waals surface area contributed by atoms with Crippen LogP contribution in [0.1, 0.15) is 39.0 Å². The third-order valence-corrected chi connectivity index (χ3v) is 5.05. The Hall–Kier alpha value is -1.23. The Morgan fingerprint density at radius 1 is 1.19 bits per heavy atom. The molecule has 0 radical (unpaired) electrons. The summed E-state index contributed by atoms with van der Waals surface area (Å²) in [6.45, 7) is 2.64. The van der Waals surface area contributed by atoms with Gasteiger partial charge in [0.05, 0.1) is 11.8 Å². The summed E-state index contributed by atoms with van der Waals surface area (Å²) in [4.78, 5) is 0. The normalized spacial score (nSPS) is 26.9. The summed E-state index contributed by atoms with van der Waals surface area (Å²) in [6, 6.07) is 2.29. The fraction of sp³-hybridized carbons (Fsp3) is 0.625. The monoisotopic (exact) mass is 299 g/mol. The minimum absolute atomic E-state index is 0.0211. The quantitative estimate of drug-likeness (QED) is 0.839. The third-order valence-electron chi connectivity index (χ3n) is 5.05. The molecule has 21 heavy (non-hydrogen) atoms. The van der Waals surface area contributed by atoms with E-state index in [2.05, 4.69) is 5.32 Å². The van der Waals surface area contributed by atoms with E-state index in [-0.39, 0.29) is 23.2 Å². The molecule has 2 aliphatic rings. The molecule has 0 aromatic heterocycles. The summed E-state index contributed by atoms with van der Waals surface area (Å²) in [5, 5.41) is 3.07. The molecule has 0 heterocycles. The van der Waals surface area contributed by atoms with Crippen molar-refractivity contribution in [3.05, 3.63) is 29.6 Å². The summed E-state index contributed by atoms with van der Waals surface area (Å²) in [5.74, 6) is -3.71. The highest BCUT2D eigenvalue weighted by atomic mass is 19.2. The van der Waals surface area contributed by atoms with Crippen LogP contribution in [0.4, 0.5) is 18.9 Å². The van der Waals surface area contributed by atoms with E-state index in [0.717, 1.165) is 38.2 Å². The average Bonchev–Trinajstić information content (AvgIpc) is 2.98. The fourth-order valence-electron chi connectivity index (χ4n) is 3.91. The van der Waals surface area contributed by atoms with Gasteiger partial charge in [0, 0.05) is 18.1 Å². The fourth-order valence-corrected chi connectivity index (χ4v) is 3.91. The van der Waals surface area contributed by atoms with Gasteiger partial charge >= 0.3 is 0 Å². The Balaban J connectivity index is 1.78. The molecule has 0 bridgehead atoms. The minimum Gasteiger partial charge on any atom is -0.379 e. The molecule has 2 aliphatic carbocycles. The van der Waals surface area contributed by atoms with Gasteiger partial charge < -0.3 is 10.1 Å². The van der Waals surface area contributed by atoms with Crippen molar-refractivity contribution >= 4 is 5.69 Å². The first-order valence-electron chi connectivity index (χ1n) is 7.60. The zero-order valence-electron chi connectivity index (χ0n) is 12.1. The third kappa shape index (κ3) is 2.31. The first-order valence-corrected chi connectivity index (χ1v) is 7.60. The van der Waals surface area contributed by atoms with Crippen LogP contribution in [-0.2, 0) is 4.74 Å². The molecule has 116 valence electrons. The number of hydrogen-bond donors (Lipinski definition) is 1. The standard InChI is InChI=1S/C16H20F3NO/c1-2-21-13-9-12(16(13)7-3-4-8-16)20-11-6-5-10(17)14(18)15(11)19/h5-6,12-13,20H,2-4,7-9H2,1H3. The van der Waals surface area contributed by atoms with Gasteiger partial charge in [0.2, 0.25) is 0 Å². The van der Waals surface area contributed by atoms with E-state index in [4.69, 9.17) is 4.74 Å². The topological polar surface area (TPSA) is 21.3 Å². The molecule has 1 aromatic carbocycles. The number of rotatable bonds is 4. The largest absolute Gasteiger partial charge is 0.379 e.